The smallest absolute Gasteiger partial charge is 0.225 e. The number of rotatable bonds is 2. The van der Waals surface area contributed by atoms with Crippen LogP contribution in [0.5, 0.6) is 0 Å². The second kappa shape index (κ2) is 7.31. The van der Waals surface area contributed by atoms with Crippen LogP contribution in [0.25, 0.3) is 0 Å². The molecule has 1 N–H and O–H groups in total. The summed E-state index contributed by atoms with van der Waals surface area (Å²) < 4.78 is 5.64. The lowest BCUT2D eigenvalue weighted by Gasteiger charge is -2.38. The van der Waals surface area contributed by atoms with Crippen LogP contribution in [0.2, 0.25) is 0 Å². The lowest BCUT2D eigenvalue weighted by atomic mass is 10.0. The largest absolute Gasteiger partial charge is 0.378 e. The first-order chi connectivity index (χ1) is 8.16. The molecular weight excluding hydrogens is 252 g/mol. The second-order valence-electron chi connectivity index (χ2n) is 5.40. The molecule has 2 rings (SSSR count). The van der Waals surface area contributed by atoms with Crippen molar-refractivity contribution in [3.63, 3.8) is 0 Å². The Morgan fingerprint density at radius 2 is 2.17 bits per heavy atom. The number of nitrogens with zero attached hydrogens (tertiary/aromatic N) is 1. The van der Waals surface area contributed by atoms with E-state index >= 15 is 0 Å². The maximum atomic E-state index is 12.2. The van der Waals surface area contributed by atoms with Gasteiger partial charge in [-0.2, -0.15) is 0 Å². The molecule has 0 spiro atoms. The third-order valence-electron chi connectivity index (χ3n) is 3.76. The van der Waals surface area contributed by atoms with E-state index in [-0.39, 0.29) is 24.4 Å². The topological polar surface area (TPSA) is 41.6 Å². The van der Waals surface area contributed by atoms with Gasteiger partial charge in [0.15, 0.2) is 0 Å². The van der Waals surface area contributed by atoms with Crippen LogP contribution in [0.15, 0.2) is 0 Å². The van der Waals surface area contributed by atoms with E-state index < -0.39 is 0 Å². The molecule has 0 bridgehead atoms. The molecule has 1 amide bonds. The lowest BCUT2D eigenvalue weighted by molar-refractivity contribution is -0.138. The molecule has 0 aromatic carbocycles. The van der Waals surface area contributed by atoms with Crippen molar-refractivity contribution in [2.75, 3.05) is 19.7 Å². The van der Waals surface area contributed by atoms with Gasteiger partial charge in [-0.25, -0.2) is 0 Å². The average Bonchev–Trinajstić information content (AvgIpc) is 2.33. The van der Waals surface area contributed by atoms with E-state index in [1.165, 1.54) is 6.42 Å². The Morgan fingerprint density at radius 3 is 2.83 bits per heavy atom. The van der Waals surface area contributed by atoms with Crippen molar-refractivity contribution in [3.05, 3.63) is 0 Å². The zero-order valence-electron chi connectivity index (χ0n) is 11.4. The van der Waals surface area contributed by atoms with E-state index in [1.54, 1.807) is 0 Å². The highest BCUT2D eigenvalue weighted by molar-refractivity contribution is 5.85. The normalized spacial score (nSPS) is 32.8. The number of carbonyl (C=O) groups is 1. The van der Waals surface area contributed by atoms with E-state index in [1.807, 2.05) is 4.90 Å². The van der Waals surface area contributed by atoms with Gasteiger partial charge in [0.2, 0.25) is 5.91 Å². The molecule has 0 aliphatic carbocycles. The molecule has 2 aliphatic heterocycles. The Labute approximate surface area is 116 Å². The average molecular weight is 277 g/mol. The van der Waals surface area contributed by atoms with Crippen molar-refractivity contribution in [1.82, 2.24) is 10.2 Å². The predicted octanol–water partition coefficient (Wildman–Crippen LogP) is 1.58. The Balaban J connectivity index is 0.00000162. The molecule has 18 heavy (non-hydrogen) atoms. The first-order valence-electron chi connectivity index (χ1n) is 6.81. The van der Waals surface area contributed by atoms with Gasteiger partial charge in [0.05, 0.1) is 12.5 Å². The maximum Gasteiger partial charge on any atom is 0.225 e. The molecule has 0 aromatic rings. The maximum absolute atomic E-state index is 12.2. The van der Waals surface area contributed by atoms with Gasteiger partial charge in [0.25, 0.3) is 0 Å². The van der Waals surface area contributed by atoms with Crippen LogP contribution in [0.3, 0.4) is 0 Å². The van der Waals surface area contributed by atoms with Crippen molar-refractivity contribution in [2.24, 2.45) is 0 Å². The van der Waals surface area contributed by atoms with Crippen LogP contribution in [0.4, 0.5) is 0 Å². The Morgan fingerprint density at radius 1 is 1.39 bits per heavy atom. The summed E-state index contributed by atoms with van der Waals surface area (Å²) in [5.41, 5.74) is 0. The minimum absolute atomic E-state index is 0. The third kappa shape index (κ3) is 4.11. The third-order valence-corrected chi connectivity index (χ3v) is 3.76. The highest BCUT2D eigenvalue weighted by Crippen LogP contribution is 2.18. The summed E-state index contributed by atoms with van der Waals surface area (Å²) in [5, 5.41) is 3.40. The van der Waals surface area contributed by atoms with Crippen LogP contribution in [0.1, 0.15) is 39.5 Å². The molecule has 2 fully saturated rings. The van der Waals surface area contributed by atoms with Crippen LogP contribution < -0.4 is 5.32 Å². The van der Waals surface area contributed by atoms with Gasteiger partial charge in [0, 0.05) is 31.8 Å². The molecule has 4 nitrogen and oxygen atoms in total. The molecule has 2 aliphatic rings. The molecule has 2 heterocycles. The molecule has 3 atom stereocenters. The summed E-state index contributed by atoms with van der Waals surface area (Å²) in [5.74, 6) is 0.262. The number of nitrogens with one attached hydrogen (secondary N) is 1. The molecule has 0 radical (unpaired) electrons. The predicted molar refractivity (Wildman–Crippen MR) is 74.1 cm³/mol. The van der Waals surface area contributed by atoms with Gasteiger partial charge in [-0.3, -0.25) is 4.79 Å². The second-order valence-corrected chi connectivity index (χ2v) is 5.40. The van der Waals surface area contributed by atoms with Gasteiger partial charge in [-0.15, -0.1) is 12.4 Å². The number of carbonyl (C=O) groups excluding carboxylic acids is 1. The van der Waals surface area contributed by atoms with Crippen LogP contribution in [0, 0.1) is 0 Å². The SMILES string of the molecule is CC1CN(C(=O)CC2CCCCO2)C(C)CN1.Cl. The Bertz CT molecular complexity index is 270. The number of hydrogen-bond acceptors (Lipinski definition) is 3. The number of piperazine rings is 1. The molecule has 0 saturated carbocycles. The van der Waals surface area contributed by atoms with Crippen molar-refractivity contribution in [2.45, 2.75) is 57.7 Å². The monoisotopic (exact) mass is 276 g/mol. The van der Waals surface area contributed by atoms with Gasteiger partial charge in [-0.05, 0) is 33.1 Å². The Kier molecular flexibility index (Phi) is 6.39. The summed E-state index contributed by atoms with van der Waals surface area (Å²) >= 11 is 0. The lowest BCUT2D eigenvalue weighted by Crippen LogP contribution is -2.56. The minimum Gasteiger partial charge on any atom is -0.378 e. The van der Waals surface area contributed by atoms with Gasteiger partial charge in [0.1, 0.15) is 0 Å². The number of hydrogen-bond donors (Lipinski definition) is 1. The summed E-state index contributed by atoms with van der Waals surface area (Å²) in [7, 11) is 0. The first-order valence-corrected chi connectivity index (χ1v) is 6.81. The van der Waals surface area contributed by atoms with Crippen molar-refractivity contribution < 1.29 is 9.53 Å². The quantitative estimate of drug-likeness (QED) is 0.833. The van der Waals surface area contributed by atoms with E-state index in [2.05, 4.69) is 19.2 Å². The van der Waals surface area contributed by atoms with Gasteiger partial charge in [-0.1, -0.05) is 0 Å². The molecule has 0 aromatic heterocycles. The standard InChI is InChI=1S/C13H24N2O2.ClH/c1-10-9-15(11(2)8-14-10)13(16)7-12-5-3-4-6-17-12;/h10-12,14H,3-9H2,1-2H3;1H. The number of halogens is 1. The number of ether oxygens (including phenoxy) is 1. The zero-order valence-corrected chi connectivity index (χ0v) is 12.2. The van der Waals surface area contributed by atoms with E-state index in [9.17, 15) is 4.79 Å². The minimum atomic E-state index is 0. The van der Waals surface area contributed by atoms with E-state index in [4.69, 9.17) is 4.74 Å². The summed E-state index contributed by atoms with van der Waals surface area (Å²) in [6, 6.07) is 0.713. The van der Waals surface area contributed by atoms with E-state index in [0.29, 0.717) is 18.5 Å². The summed E-state index contributed by atoms with van der Waals surface area (Å²) in [6.45, 7) is 6.79. The molecule has 2 saturated heterocycles. The van der Waals surface area contributed by atoms with E-state index in [0.717, 1.165) is 32.5 Å². The van der Waals surface area contributed by atoms with Crippen LogP contribution >= 0.6 is 12.4 Å². The fourth-order valence-corrected chi connectivity index (χ4v) is 2.65. The fourth-order valence-electron chi connectivity index (χ4n) is 2.65. The van der Waals surface area contributed by atoms with Crippen molar-refractivity contribution >= 4 is 18.3 Å². The van der Waals surface area contributed by atoms with Gasteiger partial charge < -0.3 is 15.0 Å². The number of amides is 1. The summed E-state index contributed by atoms with van der Waals surface area (Å²) in [6.07, 6.45) is 4.12. The van der Waals surface area contributed by atoms with Crippen molar-refractivity contribution in [1.29, 1.82) is 0 Å². The van der Waals surface area contributed by atoms with Crippen LogP contribution in [-0.4, -0.2) is 48.7 Å². The van der Waals surface area contributed by atoms with Crippen LogP contribution in [-0.2, 0) is 9.53 Å². The zero-order chi connectivity index (χ0) is 12.3. The Hall–Kier alpha value is -0.320. The fraction of sp³-hybridized carbons (Fsp3) is 0.923. The van der Waals surface area contributed by atoms with Gasteiger partial charge >= 0.3 is 0 Å². The summed E-state index contributed by atoms with van der Waals surface area (Å²) in [4.78, 5) is 14.3. The molecule has 3 unspecified atom stereocenters. The molecule has 106 valence electrons. The molecular formula is C13H25ClN2O2. The first kappa shape index (κ1) is 15.7. The molecule has 5 heteroatoms. The van der Waals surface area contributed by atoms with Crippen molar-refractivity contribution in [3.8, 4) is 0 Å². The highest BCUT2D eigenvalue weighted by Gasteiger charge is 2.28. The highest BCUT2D eigenvalue weighted by atomic mass is 35.5.